The number of carbonyl (C=O) groups excluding carboxylic acids is 2. The molecule has 0 unspecified atom stereocenters. The first kappa shape index (κ1) is 18.7. The van der Waals surface area contributed by atoms with Crippen molar-refractivity contribution in [3.63, 3.8) is 0 Å². The van der Waals surface area contributed by atoms with Crippen molar-refractivity contribution in [3.8, 4) is 0 Å². The zero-order valence-corrected chi connectivity index (χ0v) is 16.2. The van der Waals surface area contributed by atoms with Gasteiger partial charge in [-0.1, -0.05) is 30.3 Å². The highest BCUT2D eigenvalue weighted by Crippen LogP contribution is 2.40. The van der Waals surface area contributed by atoms with Crippen molar-refractivity contribution in [2.75, 3.05) is 19.6 Å². The zero-order valence-electron chi connectivity index (χ0n) is 16.2. The Hall–Kier alpha value is -2.69. The van der Waals surface area contributed by atoms with E-state index in [0.717, 1.165) is 50.0 Å². The summed E-state index contributed by atoms with van der Waals surface area (Å²) in [4.78, 5) is 33.2. The predicted molar refractivity (Wildman–Crippen MR) is 107 cm³/mol. The number of rotatable bonds is 4. The second kappa shape index (κ2) is 8.13. The van der Waals surface area contributed by atoms with Crippen LogP contribution in [-0.4, -0.2) is 46.2 Å². The molecule has 0 bridgehead atoms. The van der Waals surface area contributed by atoms with Gasteiger partial charge in [0.2, 0.25) is 11.8 Å². The van der Waals surface area contributed by atoms with Gasteiger partial charge in [-0.2, -0.15) is 0 Å². The monoisotopic (exact) mass is 377 g/mol. The molecule has 2 aliphatic heterocycles. The molecule has 2 fully saturated rings. The van der Waals surface area contributed by atoms with Crippen LogP contribution in [0.5, 0.6) is 0 Å². The van der Waals surface area contributed by atoms with Crippen molar-refractivity contribution in [1.82, 2.24) is 14.8 Å². The van der Waals surface area contributed by atoms with E-state index in [1.807, 2.05) is 52.3 Å². The number of benzene rings is 1. The first-order chi connectivity index (χ1) is 13.6. The van der Waals surface area contributed by atoms with E-state index in [-0.39, 0.29) is 17.2 Å². The van der Waals surface area contributed by atoms with Gasteiger partial charge in [-0.3, -0.25) is 14.6 Å². The van der Waals surface area contributed by atoms with Crippen LogP contribution in [0.4, 0.5) is 0 Å². The van der Waals surface area contributed by atoms with Crippen molar-refractivity contribution in [3.05, 3.63) is 66.0 Å². The van der Waals surface area contributed by atoms with Gasteiger partial charge < -0.3 is 9.80 Å². The average molecular weight is 377 g/mol. The Morgan fingerprint density at radius 3 is 2.39 bits per heavy atom. The molecule has 0 atom stereocenters. The maximum Gasteiger partial charge on any atom is 0.226 e. The summed E-state index contributed by atoms with van der Waals surface area (Å²) in [6.45, 7) is 3.04. The molecule has 28 heavy (non-hydrogen) atoms. The van der Waals surface area contributed by atoms with Crippen molar-refractivity contribution in [2.45, 2.75) is 38.6 Å². The third-order valence-electron chi connectivity index (χ3n) is 6.25. The lowest BCUT2D eigenvalue weighted by atomic mass is 9.72. The van der Waals surface area contributed by atoms with Crippen LogP contribution in [0.25, 0.3) is 0 Å². The minimum absolute atomic E-state index is 0.157. The molecule has 1 aromatic carbocycles. The smallest absolute Gasteiger partial charge is 0.226 e. The quantitative estimate of drug-likeness (QED) is 0.823. The molecule has 5 heteroatoms. The standard InChI is InChI=1S/C23H27N3O2/c27-21-6-9-23(18-26(21)17-20-7-12-24-13-8-20)10-14-25(15-11-23)22(28)16-19-4-2-1-3-5-19/h1-5,7-8,12-13H,6,9-11,14-18H2. The summed E-state index contributed by atoms with van der Waals surface area (Å²) >= 11 is 0. The normalized spacial score (nSPS) is 19.1. The van der Waals surface area contributed by atoms with Gasteiger partial charge in [0.1, 0.15) is 0 Å². The van der Waals surface area contributed by atoms with E-state index < -0.39 is 0 Å². The molecule has 5 nitrogen and oxygen atoms in total. The molecule has 0 N–H and O–H groups in total. The van der Waals surface area contributed by atoms with Crippen molar-refractivity contribution in [1.29, 1.82) is 0 Å². The molecule has 3 heterocycles. The molecule has 4 rings (SSSR count). The Morgan fingerprint density at radius 1 is 0.964 bits per heavy atom. The summed E-state index contributed by atoms with van der Waals surface area (Å²) in [6, 6.07) is 13.9. The van der Waals surface area contributed by atoms with Crippen LogP contribution in [0.2, 0.25) is 0 Å². The fourth-order valence-corrected chi connectivity index (χ4v) is 4.48. The van der Waals surface area contributed by atoms with Crippen molar-refractivity contribution in [2.24, 2.45) is 5.41 Å². The fourth-order valence-electron chi connectivity index (χ4n) is 4.48. The first-order valence-electron chi connectivity index (χ1n) is 10.1. The number of amides is 2. The Morgan fingerprint density at radius 2 is 1.68 bits per heavy atom. The fraction of sp³-hybridized carbons (Fsp3) is 0.435. The Kier molecular flexibility index (Phi) is 5.42. The first-order valence-corrected chi connectivity index (χ1v) is 10.1. The second-order valence-electron chi connectivity index (χ2n) is 8.15. The minimum atomic E-state index is 0.157. The number of likely N-dealkylation sites (tertiary alicyclic amines) is 2. The van der Waals surface area contributed by atoms with Crippen LogP contribution in [0.1, 0.15) is 36.8 Å². The molecule has 1 spiro atoms. The van der Waals surface area contributed by atoms with Crippen LogP contribution in [0.3, 0.4) is 0 Å². The van der Waals surface area contributed by atoms with Crippen LogP contribution in [0.15, 0.2) is 54.9 Å². The molecule has 2 aliphatic rings. The minimum Gasteiger partial charge on any atom is -0.342 e. The molecule has 2 saturated heterocycles. The van der Waals surface area contributed by atoms with E-state index in [1.165, 1.54) is 0 Å². The van der Waals surface area contributed by atoms with Gasteiger partial charge in [-0.25, -0.2) is 0 Å². The molecule has 0 aliphatic carbocycles. The van der Waals surface area contributed by atoms with Gasteiger partial charge in [0.15, 0.2) is 0 Å². The van der Waals surface area contributed by atoms with E-state index in [2.05, 4.69) is 4.98 Å². The van der Waals surface area contributed by atoms with Crippen LogP contribution < -0.4 is 0 Å². The van der Waals surface area contributed by atoms with Gasteiger partial charge in [0.25, 0.3) is 0 Å². The third-order valence-corrected chi connectivity index (χ3v) is 6.25. The number of hydrogen-bond donors (Lipinski definition) is 0. The van der Waals surface area contributed by atoms with Crippen LogP contribution >= 0.6 is 0 Å². The number of nitrogens with zero attached hydrogens (tertiary/aromatic N) is 3. The maximum absolute atomic E-state index is 12.7. The molecule has 2 amide bonds. The second-order valence-corrected chi connectivity index (χ2v) is 8.15. The van der Waals surface area contributed by atoms with Gasteiger partial charge in [0.05, 0.1) is 6.42 Å². The van der Waals surface area contributed by atoms with E-state index >= 15 is 0 Å². The number of aromatic nitrogens is 1. The van der Waals surface area contributed by atoms with Gasteiger partial charge in [-0.15, -0.1) is 0 Å². The summed E-state index contributed by atoms with van der Waals surface area (Å²) in [5.74, 6) is 0.451. The third kappa shape index (κ3) is 4.24. The largest absolute Gasteiger partial charge is 0.342 e. The lowest BCUT2D eigenvalue weighted by Gasteiger charge is -2.47. The molecular weight excluding hydrogens is 350 g/mol. The highest BCUT2D eigenvalue weighted by molar-refractivity contribution is 5.79. The molecule has 2 aromatic rings. The van der Waals surface area contributed by atoms with E-state index in [1.54, 1.807) is 12.4 Å². The highest BCUT2D eigenvalue weighted by atomic mass is 16.2. The molecule has 146 valence electrons. The molecule has 1 aromatic heterocycles. The summed E-state index contributed by atoms with van der Waals surface area (Å²) in [6.07, 6.45) is 7.54. The maximum atomic E-state index is 12.7. The molecular formula is C23H27N3O2. The molecule has 0 saturated carbocycles. The topological polar surface area (TPSA) is 53.5 Å². The Labute approximate surface area is 166 Å². The summed E-state index contributed by atoms with van der Waals surface area (Å²) < 4.78 is 0. The van der Waals surface area contributed by atoms with Crippen molar-refractivity contribution < 1.29 is 9.59 Å². The Balaban J connectivity index is 1.35. The van der Waals surface area contributed by atoms with Gasteiger partial charge >= 0.3 is 0 Å². The SMILES string of the molecule is O=C(Cc1ccccc1)N1CCC2(CCC(=O)N(Cc3ccncc3)C2)CC1. The lowest BCUT2D eigenvalue weighted by Crippen LogP contribution is -2.52. The summed E-state index contributed by atoms with van der Waals surface area (Å²) in [5.41, 5.74) is 2.35. The van der Waals surface area contributed by atoms with Crippen LogP contribution in [0, 0.1) is 5.41 Å². The van der Waals surface area contributed by atoms with Gasteiger partial charge in [-0.05, 0) is 47.9 Å². The van der Waals surface area contributed by atoms with E-state index in [9.17, 15) is 9.59 Å². The molecule has 0 radical (unpaired) electrons. The number of carbonyl (C=O) groups is 2. The van der Waals surface area contributed by atoms with Crippen molar-refractivity contribution >= 4 is 11.8 Å². The lowest BCUT2D eigenvalue weighted by molar-refractivity contribution is -0.142. The average Bonchev–Trinajstić information content (AvgIpc) is 2.73. The van der Waals surface area contributed by atoms with E-state index in [0.29, 0.717) is 19.4 Å². The van der Waals surface area contributed by atoms with E-state index in [4.69, 9.17) is 0 Å². The summed E-state index contributed by atoms with van der Waals surface area (Å²) in [7, 11) is 0. The van der Waals surface area contributed by atoms with Gasteiger partial charge in [0, 0.05) is 45.0 Å². The Bertz CT molecular complexity index is 814. The number of piperidine rings is 2. The summed E-state index contributed by atoms with van der Waals surface area (Å²) in [5, 5.41) is 0. The number of hydrogen-bond acceptors (Lipinski definition) is 3. The zero-order chi connectivity index (χ0) is 19.4. The predicted octanol–water partition coefficient (Wildman–Crippen LogP) is 3.06. The number of pyridine rings is 1. The highest BCUT2D eigenvalue weighted by Gasteiger charge is 2.41. The van der Waals surface area contributed by atoms with Crippen LogP contribution in [-0.2, 0) is 22.6 Å².